The van der Waals surface area contributed by atoms with E-state index in [0.717, 1.165) is 19.6 Å². The molecule has 0 aliphatic carbocycles. The van der Waals surface area contributed by atoms with Crippen molar-refractivity contribution in [3.63, 3.8) is 0 Å². The molecule has 3 heteroatoms. The molecule has 1 N–H and O–H groups in total. The van der Waals surface area contributed by atoms with E-state index in [9.17, 15) is 0 Å². The average Bonchev–Trinajstić information content (AvgIpc) is 2.17. The van der Waals surface area contributed by atoms with Crippen molar-refractivity contribution < 1.29 is 4.74 Å². The Labute approximate surface area is 55.0 Å². The van der Waals surface area contributed by atoms with Crippen LogP contribution >= 0.6 is 12.6 Å². The van der Waals surface area contributed by atoms with Crippen LogP contribution in [0, 0.1) is 0 Å². The molecule has 0 aromatic heterocycles. The molecule has 1 rings (SSSR count). The van der Waals surface area contributed by atoms with Gasteiger partial charge in [0.25, 0.3) is 0 Å². The minimum Gasteiger partial charge on any atom is -0.379 e. The van der Waals surface area contributed by atoms with Crippen LogP contribution in [0.1, 0.15) is 6.42 Å². The van der Waals surface area contributed by atoms with E-state index in [1.165, 1.54) is 0 Å². The van der Waals surface area contributed by atoms with E-state index in [4.69, 9.17) is 4.74 Å². The Morgan fingerprint density at radius 3 is 2.75 bits per heavy atom. The highest BCUT2D eigenvalue weighted by molar-refractivity contribution is 7.81. The predicted molar refractivity (Wildman–Crippen MR) is 36.2 cm³/mol. The van der Waals surface area contributed by atoms with Crippen molar-refractivity contribution in [3.8, 4) is 0 Å². The van der Waals surface area contributed by atoms with E-state index in [-0.39, 0.29) is 4.87 Å². The lowest BCUT2D eigenvalue weighted by atomic mass is 10.2. The maximum absolute atomic E-state index is 5.11. The molecule has 48 valence electrons. The Hall–Kier alpha value is 0.270. The first kappa shape index (κ1) is 6.39. The highest BCUT2D eigenvalue weighted by Crippen LogP contribution is 2.20. The summed E-state index contributed by atoms with van der Waals surface area (Å²) < 4.78 is 5.11. The fourth-order valence-electron chi connectivity index (χ4n) is 0.751. The number of thiol groups is 1. The van der Waals surface area contributed by atoms with Crippen LogP contribution in [0.5, 0.6) is 0 Å². The van der Waals surface area contributed by atoms with E-state index in [2.05, 4.69) is 17.9 Å². The smallest absolute Gasteiger partial charge is 0.0872 e. The molecular formula is C5H11NOS. The largest absolute Gasteiger partial charge is 0.379 e. The van der Waals surface area contributed by atoms with Crippen LogP contribution in [-0.4, -0.2) is 25.1 Å². The van der Waals surface area contributed by atoms with Crippen LogP contribution in [0.15, 0.2) is 0 Å². The van der Waals surface area contributed by atoms with Crippen molar-refractivity contribution in [3.05, 3.63) is 0 Å². The Bertz CT molecular complexity index is 80.5. The standard InChI is InChI=1S/C5H11NOS/c1-6-5(8)2-3-7-4-5/h6,8H,2-4H2,1H3. The Kier molecular flexibility index (Phi) is 1.80. The SMILES string of the molecule is CNC1(S)CCOC1. The Morgan fingerprint density at radius 1 is 1.75 bits per heavy atom. The molecule has 1 unspecified atom stereocenters. The fourth-order valence-corrected chi connectivity index (χ4v) is 0.934. The molecule has 8 heavy (non-hydrogen) atoms. The third kappa shape index (κ3) is 1.16. The molecule has 1 saturated heterocycles. The number of nitrogens with one attached hydrogen (secondary N) is 1. The normalized spacial score (nSPS) is 38.2. The maximum Gasteiger partial charge on any atom is 0.0872 e. The van der Waals surface area contributed by atoms with Gasteiger partial charge in [0.2, 0.25) is 0 Å². The first-order valence-electron chi connectivity index (χ1n) is 2.76. The Morgan fingerprint density at radius 2 is 2.50 bits per heavy atom. The van der Waals surface area contributed by atoms with Gasteiger partial charge in [-0.15, -0.1) is 0 Å². The molecule has 2 nitrogen and oxygen atoms in total. The van der Waals surface area contributed by atoms with E-state index < -0.39 is 0 Å². The van der Waals surface area contributed by atoms with Crippen molar-refractivity contribution in [2.24, 2.45) is 0 Å². The molecule has 0 amide bonds. The summed E-state index contributed by atoms with van der Waals surface area (Å²) in [6.07, 6.45) is 1.01. The lowest BCUT2D eigenvalue weighted by molar-refractivity contribution is 0.187. The number of hydrogen-bond acceptors (Lipinski definition) is 3. The van der Waals surface area contributed by atoms with E-state index in [1.54, 1.807) is 0 Å². The minimum atomic E-state index is -0.0417. The fraction of sp³-hybridized carbons (Fsp3) is 1.00. The van der Waals surface area contributed by atoms with Crippen molar-refractivity contribution in [1.29, 1.82) is 0 Å². The molecule has 1 aliphatic heterocycles. The molecule has 0 aromatic rings. The highest BCUT2D eigenvalue weighted by atomic mass is 32.1. The summed E-state index contributed by atoms with van der Waals surface area (Å²) in [5.41, 5.74) is 0. The maximum atomic E-state index is 5.11. The molecule has 0 aromatic carbocycles. The zero-order valence-electron chi connectivity index (χ0n) is 4.98. The number of rotatable bonds is 1. The van der Waals surface area contributed by atoms with Crippen LogP contribution in [0.3, 0.4) is 0 Å². The monoisotopic (exact) mass is 133 g/mol. The summed E-state index contributed by atoms with van der Waals surface area (Å²) in [5, 5.41) is 3.08. The topological polar surface area (TPSA) is 21.3 Å². The zero-order valence-corrected chi connectivity index (χ0v) is 5.87. The van der Waals surface area contributed by atoms with Crippen molar-refractivity contribution in [2.75, 3.05) is 20.3 Å². The second-order valence-corrected chi connectivity index (χ2v) is 2.94. The van der Waals surface area contributed by atoms with Gasteiger partial charge in [-0.05, 0) is 7.05 Å². The van der Waals surface area contributed by atoms with E-state index in [1.807, 2.05) is 7.05 Å². The van der Waals surface area contributed by atoms with Gasteiger partial charge in [-0.3, -0.25) is 0 Å². The van der Waals surface area contributed by atoms with Gasteiger partial charge in [0.1, 0.15) is 0 Å². The van der Waals surface area contributed by atoms with Crippen molar-refractivity contribution >= 4 is 12.6 Å². The number of ether oxygens (including phenoxy) is 1. The van der Waals surface area contributed by atoms with Gasteiger partial charge in [0.05, 0.1) is 11.5 Å². The lowest BCUT2D eigenvalue weighted by Gasteiger charge is -2.18. The van der Waals surface area contributed by atoms with Crippen LogP contribution in [0.2, 0.25) is 0 Å². The van der Waals surface area contributed by atoms with Gasteiger partial charge in [0, 0.05) is 13.0 Å². The summed E-state index contributed by atoms with van der Waals surface area (Å²) in [6, 6.07) is 0. The van der Waals surface area contributed by atoms with Crippen LogP contribution < -0.4 is 5.32 Å². The third-order valence-corrected chi connectivity index (χ3v) is 2.04. The second kappa shape index (κ2) is 2.25. The first-order valence-corrected chi connectivity index (χ1v) is 3.21. The second-order valence-electron chi connectivity index (χ2n) is 2.08. The van der Waals surface area contributed by atoms with Gasteiger partial charge >= 0.3 is 0 Å². The molecule has 0 radical (unpaired) electrons. The summed E-state index contributed by atoms with van der Waals surface area (Å²) >= 11 is 4.34. The lowest BCUT2D eigenvalue weighted by Crippen LogP contribution is -2.37. The van der Waals surface area contributed by atoms with Gasteiger partial charge in [-0.25, -0.2) is 0 Å². The molecule has 0 bridgehead atoms. The van der Waals surface area contributed by atoms with Gasteiger partial charge < -0.3 is 10.1 Å². The molecule has 1 fully saturated rings. The van der Waals surface area contributed by atoms with E-state index >= 15 is 0 Å². The van der Waals surface area contributed by atoms with Gasteiger partial charge in [0.15, 0.2) is 0 Å². The number of likely N-dealkylation sites (N-methyl/N-ethyl adjacent to an activating group) is 1. The van der Waals surface area contributed by atoms with Gasteiger partial charge in [-0.2, -0.15) is 12.6 Å². The minimum absolute atomic E-state index is 0.0417. The van der Waals surface area contributed by atoms with Crippen LogP contribution in [-0.2, 0) is 4.74 Å². The number of hydrogen-bond donors (Lipinski definition) is 2. The van der Waals surface area contributed by atoms with Crippen molar-refractivity contribution in [1.82, 2.24) is 5.32 Å². The van der Waals surface area contributed by atoms with Crippen molar-refractivity contribution in [2.45, 2.75) is 11.3 Å². The third-order valence-electron chi connectivity index (χ3n) is 1.47. The molecule has 0 saturated carbocycles. The molecule has 1 aliphatic rings. The molecule has 1 heterocycles. The summed E-state index contributed by atoms with van der Waals surface area (Å²) in [5.74, 6) is 0. The van der Waals surface area contributed by atoms with Crippen LogP contribution in [0.25, 0.3) is 0 Å². The molecule has 0 spiro atoms. The quantitative estimate of drug-likeness (QED) is 0.395. The summed E-state index contributed by atoms with van der Waals surface area (Å²) in [7, 11) is 1.90. The molecule has 1 atom stereocenters. The van der Waals surface area contributed by atoms with Gasteiger partial charge in [-0.1, -0.05) is 0 Å². The van der Waals surface area contributed by atoms with Crippen LogP contribution in [0.4, 0.5) is 0 Å². The first-order chi connectivity index (χ1) is 3.77. The Balaban J connectivity index is 2.40. The zero-order chi connectivity index (χ0) is 6.04. The predicted octanol–water partition coefficient (Wildman–Crippen LogP) is 0.252. The summed E-state index contributed by atoms with van der Waals surface area (Å²) in [4.78, 5) is -0.0417. The summed E-state index contributed by atoms with van der Waals surface area (Å²) in [6.45, 7) is 1.57. The van der Waals surface area contributed by atoms with E-state index in [0.29, 0.717) is 0 Å². The highest BCUT2D eigenvalue weighted by Gasteiger charge is 2.28. The molecular weight excluding hydrogens is 122 g/mol. The average molecular weight is 133 g/mol.